The van der Waals surface area contributed by atoms with Crippen LogP contribution in [0.2, 0.25) is 0 Å². The maximum Gasteiger partial charge on any atom is 0.411 e. The van der Waals surface area contributed by atoms with Gasteiger partial charge < -0.3 is 14.8 Å². The summed E-state index contributed by atoms with van der Waals surface area (Å²) in [6.45, 7) is 10.6. The molecule has 0 bridgehead atoms. The van der Waals surface area contributed by atoms with Gasteiger partial charge in [0.1, 0.15) is 23.8 Å². The Morgan fingerprint density at radius 2 is 1.62 bits per heavy atom. The Kier molecular flexibility index (Phi) is 6.55. The first-order valence-electron chi connectivity index (χ1n) is 7.96. The van der Waals surface area contributed by atoms with E-state index in [0.29, 0.717) is 13.0 Å². The molecule has 138 valence electrons. The van der Waals surface area contributed by atoms with E-state index in [1.807, 2.05) is 0 Å². The highest BCUT2D eigenvalue weighted by molar-refractivity contribution is 7.81. The first-order chi connectivity index (χ1) is 10.8. The molecule has 1 rings (SSSR count). The van der Waals surface area contributed by atoms with Crippen molar-refractivity contribution in [3.63, 3.8) is 0 Å². The number of rotatable bonds is 3. The molecule has 1 fully saturated rings. The molecule has 0 aromatic heterocycles. The van der Waals surface area contributed by atoms with E-state index in [2.05, 4.69) is 17.9 Å². The largest absolute Gasteiger partial charge is 0.459 e. The molecule has 8 heteroatoms. The minimum Gasteiger partial charge on any atom is -0.459 e. The summed E-state index contributed by atoms with van der Waals surface area (Å²) in [6.07, 6.45) is -0.154. The van der Waals surface area contributed by atoms with Crippen LogP contribution >= 0.6 is 12.6 Å². The van der Waals surface area contributed by atoms with Gasteiger partial charge in [-0.1, -0.05) is 0 Å². The summed E-state index contributed by atoms with van der Waals surface area (Å²) in [5.74, 6) is -0.941. The van der Waals surface area contributed by atoms with E-state index in [-0.39, 0.29) is 11.8 Å². The number of carbonyl (C=O) groups excluding carboxylic acids is 3. The molecule has 0 aromatic carbocycles. The molecule has 0 aromatic rings. The second-order valence-corrected chi connectivity index (χ2v) is 8.57. The van der Waals surface area contributed by atoms with Crippen molar-refractivity contribution < 1.29 is 23.9 Å². The third-order valence-electron chi connectivity index (χ3n) is 3.04. The van der Waals surface area contributed by atoms with E-state index in [4.69, 9.17) is 9.47 Å². The van der Waals surface area contributed by atoms with Gasteiger partial charge in [0.15, 0.2) is 0 Å². The smallest absolute Gasteiger partial charge is 0.411 e. The molecule has 1 aliphatic rings. The van der Waals surface area contributed by atoms with Gasteiger partial charge in [-0.25, -0.2) is 4.79 Å². The van der Waals surface area contributed by atoms with Crippen molar-refractivity contribution in [3.05, 3.63) is 0 Å². The molecular weight excluding hydrogens is 332 g/mol. The van der Waals surface area contributed by atoms with Crippen LogP contribution in [0.15, 0.2) is 0 Å². The third-order valence-corrected chi connectivity index (χ3v) is 3.41. The molecule has 0 spiro atoms. The molecular formula is C16H28N2O5S. The highest BCUT2D eigenvalue weighted by atomic mass is 32.1. The molecule has 7 nitrogen and oxygen atoms in total. The summed E-state index contributed by atoms with van der Waals surface area (Å²) in [5, 5.41) is 2.40. The zero-order valence-corrected chi connectivity index (χ0v) is 16.1. The summed E-state index contributed by atoms with van der Waals surface area (Å²) in [7, 11) is 0. The van der Waals surface area contributed by atoms with Crippen LogP contribution in [0.25, 0.3) is 0 Å². The van der Waals surface area contributed by atoms with Gasteiger partial charge in [0.2, 0.25) is 5.91 Å². The third kappa shape index (κ3) is 6.98. The maximum absolute atomic E-state index is 12.3. The number of esters is 1. The first-order valence-corrected chi connectivity index (χ1v) is 8.47. The predicted molar refractivity (Wildman–Crippen MR) is 93.0 cm³/mol. The predicted octanol–water partition coefficient (Wildman–Crippen LogP) is 1.75. The lowest BCUT2D eigenvalue weighted by atomic mass is 10.2. The Hall–Kier alpha value is -1.44. The Morgan fingerprint density at radius 3 is 2.12 bits per heavy atom. The van der Waals surface area contributed by atoms with Gasteiger partial charge in [0.05, 0.1) is 0 Å². The molecule has 1 heterocycles. The van der Waals surface area contributed by atoms with E-state index in [9.17, 15) is 14.4 Å². The fraction of sp³-hybridized carbons (Fsp3) is 0.812. The average Bonchev–Trinajstić information content (AvgIpc) is 2.74. The highest BCUT2D eigenvalue weighted by Crippen LogP contribution is 2.24. The molecule has 2 atom stereocenters. The molecule has 0 radical (unpaired) electrons. The fourth-order valence-corrected chi connectivity index (χ4v) is 2.61. The van der Waals surface area contributed by atoms with Crippen LogP contribution in [0, 0.1) is 0 Å². The molecule has 1 aliphatic heterocycles. The molecule has 1 N–H and O–H groups in total. The number of hydrogen-bond donors (Lipinski definition) is 2. The van der Waals surface area contributed by atoms with Crippen molar-refractivity contribution in [2.24, 2.45) is 0 Å². The average molecular weight is 360 g/mol. The summed E-state index contributed by atoms with van der Waals surface area (Å²) >= 11 is 4.36. The van der Waals surface area contributed by atoms with E-state index >= 15 is 0 Å². The van der Waals surface area contributed by atoms with Crippen molar-refractivity contribution >= 4 is 30.6 Å². The van der Waals surface area contributed by atoms with E-state index in [1.54, 1.807) is 41.5 Å². The molecule has 1 saturated heterocycles. The van der Waals surface area contributed by atoms with Crippen LogP contribution in [0.4, 0.5) is 4.79 Å². The van der Waals surface area contributed by atoms with Crippen LogP contribution in [0.1, 0.15) is 48.0 Å². The zero-order valence-electron chi connectivity index (χ0n) is 15.2. The van der Waals surface area contributed by atoms with Crippen molar-refractivity contribution in [2.45, 2.75) is 70.5 Å². The Balaban J connectivity index is 2.63. The lowest BCUT2D eigenvalue weighted by Crippen LogP contribution is -2.48. The quantitative estimate of drug-likeness (QED) is 0.592. The fourth-order valence-electron chi connectivity index (χ4n) is 2.24. The van der Waals surface area contributed by atoms with Gasteiger partial charge in [-0.3, -0.25) is 14.5 Å². The minimum atomic E-state index is -0.704. The number of ether oxygens (including phenoxy) is 2. The van der Waals surface area contributed by atoms with Gasteiger partial charge in [0, 0.05) is 11.8 Å². The standard InChI is InChI=1S/C16H28N2O5S/c1-15(2,3)22-12(19)8-17-13(20)11-7-10(24)9-18(11)14(21)23-16(4,5)6/h10-11,24H,7-9H2,1-6H3,(H,17,20)/t10-,11-/m0/s1. The maximum atomic E-state index is 12.3. The number of carbonyl (C=O) groups is 3. The molecule has 0 unspecified atom stereocenters. The number of hydrogen-bond acceptors (Lipinski definition) is 6. The number of amides is 2. The molecule has 0 aliphatic carbocycles. The number of nitrogens with one attached hydrogen (secondary N) is 1. The van der Waals surface area contributed by atoms with Gasteiger partial charge in [-0.05, 0) is 48.0 Å². The van der Waals surface area contributed by atoms with Crippen LogP contribution in [-0.4, -0.2) is 58.5 Å². The van der Waals surface area contributed by atoms with Crippen molar-refractivity contribution in [1.29, 1.82) is 0 Å². The summed E-state index contributed by atoms with van der Waals surface area (Å²) in [5.41, 5.74) is -1.27. The van der Waals surface area contributed by atoms with E-state index in [1.165, 1.54) is 4.90 Å². The van der Waals surface area contributed by atoms with Gasteiger partial charge in [-0.15, -0.1) is 0 Å². The van der Waals surface area contributed by atoms with Crippen LogP contribution in [-0.2, 0) is 19.1 Å². The molecule has 0 saturated carbocycles. The van der Waals surface area contributed by atoms with E-state index in [0.717, 1.165) is 0 Å². The zero-order chi connectivity index (χ0) is 18.7. The summed E-state index contributed by atoms with van der Waals surface area (Å²) < 4.78 is 10.5. The topological polar surface area (TPSA) is 84.9 Å². The lowest BCUT2D eigenvalue weighted by Gasteiger charge is -2.28. The Labute approximate surface area is 148 Å². The second-order valence-electron chi connectivity index (χ2n) is 7.84. The monoisotopic (exact) mass is 360 g/mol. The van der Waals surface area contributed by atoms with E-state index < -0.39 is 35.2 Å². The van der Waals surface area contributed by atoms with Crippen LogP contribution in [0.3, 0.4) is 0 Å². The summed E-state index contributed by atoms with van der Waals surface area (Å²) in [4.78, 5) is 37.6. The van der Waals surface area contributed by atoms with Gasteiger partial charge >= 0.3 is 12.1 Å². The van der Waals surface area contributed by atoms with Gasteiger partial charge in [0.25, 0.3) is 0 Å². The lowest BCUT2D eigenvalue weighted by molar-refractivity contribution is -0.154. The number of thiol groups is 1. The van der Waals surface area contributed by atoms with Crippen molar-refractivity contribution in [3.8, 4) is 0 Å². The summed E-state index contributed by atoms with van der Waals surface area (Å²) in [6, 6.07) is -0.704. The Morgan fingerprint density at radius 1 is 1.08 bits per heavy atom. The first kappa shape index (κ1) is 20.6. The van der Waals surface area contributed by atoms with Crippen molar-refractivity contribution in [1.82, 2.24) is 10.2 Å². The Bertz CT molecular complexity index is 496. The molecule has 2 amide bonds. The molecule has 24 heavy (non-hydrogen) atoms. The highest BCUT2D eigenvalue weighted by Gasteiger charge is 2.40. The van der Waals surface area contributed by atoms with Crippen LogP contribution < -0.4 is 5.32 Å². The second kappa shape index (κ2) is 7.63. The number of nitrogens with zero attached hydrogens (tertiary/aromatic N) is 1. The minimum absolute atomic E-state index is 0.116. The number of likely N-dealkylation sites (tertiary alicyclic amines) is 1. The SMILES string of the molecule is CC(C)(C)OC(=O)CNC(=O)[C@@H]1C[C@H](S)CN1C(=O)OC(C)(C)C. The normalized spacial score (nSPS) is 21.4. The van der Waals surface area contributed by atoms with Crippen molar-refractivity contribution in [2.75, 3.05) is 13.1 Å². The van der Waals surface area contributed by atoms with Crippen LogP contribution in [0.5, 0.6) is 0 Å². The van der Waals surface area contributed by atoms with Gasteiger partial charge in [-0.2, -0.15) is 12.6 Å².